The van der Waals surface area contributed by atoms with Crippen LogP contribution in [-0.4, -0.2) is 4.98 Å². The molecule has 15 heavy (non-hydrogen) atoms. The first kappa shape index (κ1) is 9.28. The van der Waals surface area contributed by atoms with E-state index in [9.17, 15) is 0 Å². The number of oxazole rings is 1. The van der Waals surface area contributed by atoms with E-state index in [2.05, 4.69) is 4.98 Å². The molecule has 0 bridgehead atoms. The summed E-state index contributed by atoms with van der Waals surface area (Å²) in [6, 6.07) is 7.77. The minimum absolute atomic E-state index is 0.170. The number of nitrogens with zero attached hydrogens (tertiary/aromatic N) is 2. The lowest BCUT2D eigenvalue weighted by atomic mass is 10.2. The topological polar surface area (TPSA) is 75.8 Å². The van der Waals surface area contributed by atoms with E-state index in [1.807, 2.05) is 30.3 Å². The minimum Gasteiger partial charge on any atom is -0.424 e. The number of anilines is 1. The van der Waals surface area contributed by atoms with Crippen molar-refractivity contribution in [3.8, 4) is 6.07 Å². The summed E-state index contributed by atoms with van der Waals surface area (Å²) in [7, 11) is 0. The first-order valence-electron chi connectivity index (χ1n) is 4.49. The smallest absolute Gasteiger partial charge is 0.292 e. The lowest BCUT2D eigenvalue weighted by Gasteiger charge is -1.90. The fourth-order valence-corrected chi connectivity index (χ4v) is 1.31. The molecule has 0 aliphatic heterocycles. The quantitative estimate of drug-likeness (QED) is 0.805. The number of nitriles is 1. The Morgan fingerprint density at radius 2 is 2.40 bits per heavy atom. The normalized spacial score (nSPS) is 10.9. The molecule has 0 saturated heterocycles. The van der Waals surface area contributed by atoms with Crippen LogP contribution in [0.4, 0.5) is 6.01 Å². The largest absolute Gasteiger partial charge is 0.424 e. The molecule has 4 heteroatoms. The zero-order chi connectivity index (χ0) is 10.7. The molecule has 0 unspecified atom stereocenters. The Morgan fingerprint density at radius 1 is 1.53 bits per heavy atom. The van der Waals surface area contributed by atoms with Gasteiger partial charge in [-0.15, -0.1) is 0 Å². The molecule has 0 aliphatic rings. The lowest BCUT2D eigenvalue weighted by Crippen LogP contribution is -1.80. The summed E-state index contributed by atoms with van der Waals surface area (Å²) in [6.07, 6.45) is 4.07. The first-order chi connectivity index (χ1) is 7.29. The molecule has 4 nitrogen and oxygen atoms in total. The van der Waals surface area contributed by atoms with Gasteiger partial charge in [0.15, 0.2) is 5.58 Å². The fraction of sp³-hybridized carbons (Fsp3) is 0.0909. The lowest BCUT2D eigenvalue weighted by molar-refractivity contribution is 0.626. The van der Waals surface area contributed by atoms with Crippen LogP contribution in [0.5, 0.6) is 0 Å². The number of allylic oxidation sites excluding steroid dienone is 1. The van der Waals surface area contributed by atoms with Crippen molar-refractivity contribution in [2.24, 2.45) is 0 Å². The maximum absolute atomic E-state index is 8.37. The third kappa shape index (κ3) is 1.97. The van der Waals surface area contributed by atoms with Gasteiger partial charge in [-0.05, 0) is 17.7 Å². The number of nitrogen functional groups attached to an aromatic ring is 1. The van der Waals surface area contributed by atoms with Gasteiger partial charge < -0.3 is 10.2 Å². The van der Waals surface area contributed by atoms with E-state index in [-0.39, 0.29) is 6.01 Å². The summed E-state index contributed by atoms with van der Waals surface area (Å²) in [5, 5.41) is 8.37. The highest BCUT2D eigenvalue weighted by atomic mass is 16.4. The second-order valence-electron chi connectivity index (χ2n) is 3.04. The molecular formula is C11H9N3O. The average Bonchev–Trinajstić information content (AvgIpc) is 2.57. The van der Waals surface area contributed by atoms with Gasteiger partial charge in [0.1, 0.15) is 5.52 Å². The van der Waals surface area contributed by atoms with E-state index in [1.54, 1.807) is 6.08 Å². The van der Waals surface area contributed by atoms with E-state index < -0.39 is 0 Å². The second kappa shape index (κ2) is 3.84. The van der Waals surface area contributed by atoms with Crippen molar-refractivity contribution in [3.05, 3.63) is 29.8 Å². The average molecular weight is 199 g/mol. The van der Waals surface area contributed by atoms with Crippen LogP contribution in [0.3, 0.4) is 0 Å². The standard InChI is InChI=1S/C11H9N3O/c12-6-2-1-3-8-4-5-10-9(7-8)14-11(13)15-10/h1,3-5,7H,2H2,(H2,13,14). The van der Waals surface area contributed by atoms with Crippen LogP contribution in [0.25, 0.3) is 17.2 Å². The molecule has 0 spiro atoms. The second-order valence-corrected chi connectivity index (χ2v) is 3.04. The highest BCUT2D eigenvalue weighted by Crippen LogP contribution is 2.18. The molecule has 0 radical (unpaired) electrons. The van der Waals surface area contributed by atoms with Gasteiger partial charge in [0, 0.05) is 0 Å². The summed E-state index contributed by atoms with van der Waals surface area (Å²) in [5.74, 6) is 0. The molecule has 0 amide bonds. The molecule has 1 aromatic heterocycles. The monoisotopic (exact) mass is 199 g/mol. The van der Waals surface area contributed by atoms with Crippen molar-refractivity contribution < 1.29 is 4.42 Å². The maximum Gasteiger partial charge on any atom is 0.292 e. The van der Waals surface area contributed by atoms with Gasteiger partial charge in [-0.1, -0.05) is 18.2 Å². The van der Waals surface area contributed by atoms with Crippen LogP contribution in [-0.2, 0) is 0 Å². The Labute approximate surface area is 86.6 Å². The maximum atomic E-state index is 8.37. The van der Waals surface area contributed by atoms with Gasteiger partial charge >= 0.3 is 0 Å². The molecule has 0 aliphatic carbocycles. The molecule has 0 fully saturated rings. The summed E-state index contributed by atoms with van der Waals surface area (Å²) in [5.41, 5.74) is 7.80. The molecule has 2 N–H and O–H groups in total. The Kier molecular flexibility index (Phi) is 2.38. The minimum atomic E-state index is 0.170. The molecule has 0 atom stereocenters. The van der Waals surface area contributed by atoms with E-state index in [0.29, 0.717) is 12.0 Å². The SMILES string of the molecule is N#CCC=Cc1ccc2oc(N)nc2c1. The van der Waals surface area contributed by atoms with Crippen LogP contribution >= 0.6 is 0 Å². The number of hydrogen-bond donors (Lipinski definition) is 1. The predicted molar refractivity (Wildman–Crippen MR) is 57.7 cm³/mol. The number of hydrogen-bond acceptors (Lipinski definition) is 4. The van der Waals surface area contributed by atoms with Crippen molar-refractivity contribution in [2.45, 2.75) is 6.42 Å². The number of aromatic nitrogens is 1. The van der Waals surface area contributed by atoms with E-state index >= 15 is 0 Å². The molecule has 74 valence electrons. The summed E-state index contributed by atoms with van der Waals surface area (Å²) in [4.78, 5) is 4.01. The van der Waals surface area contributed by atoms with Crippen LogP contribution in [0.1, 0.15) is 12.0 Å². The molecule has 1 heterocycles. The molecule has 0 saturated carbocycles. The van der Waals surface area contributed by atoms with Crippen LogP contribution in [0.15, 0.2) is 28.7 Å². The molecular weight excluding hydrogens is 190 g/mol. The van der Waals surface area contributed by atoms with Crippen LogP contribution < -0.4 is 5.73 Å². The third-order valence-electron chi connectivity index (χ3n) is 1.95. The van der Waals surface area contributed by atoms with Crippen LogP contribution in [0.2, 0.25) is 0 Å². The van der Waals surface area contributed by atoms with E-state index in [4.69, 9.17) is 15.4 Å². The van der Waals surface area contributed by atoms with Gasteiger partial charge in [0.2, 0.25) is 0 Å². The van der Waals surface area contributed by atoms with Crippen molar-refractivity contribution in [2.75, 3.05) is 5.73 Å². The Bertz CT molecular complexity index is 548. The zero-order valence-corrected chi connectivity index (χ0v) is 7.97. The predicted octanol–water partition coefficient (Wildman–Crippen LogP) is 2.34. The van der Waals surface area contributed by atoms with E-state index in [1.165, 1.54) is 0 Å². The number of benzene rings is 1. The highest BCUT2D eigenvalue weighted by Gasteiger charge is 2.01. The van der Waals surface area contributed by atoms with Crippen LogP contribution in [0, 0.1) is 11.3 Å². The zero-order valence-electron chi connectivity index (χ0n) is 7.97. The third-order valence-corrected chi connectivity index (χ3v) is 1.95. The Hall–Kier alpha value is -2.28. The van der Waals surface area contributed by atoms with Crippen molar-refractivity contribution in [3.63, 3.8) is 0 Å². The molecule has 2 rings (SSSR count). The Morgan fingerprint density at radius 3 is 3.20 bits per heavy atom. The van der Waals surface area contributed by atoms with E-state index in [0.717, 1.165) is 11.1 Å². The van der Waals surface area contributed by atoms with Crippen molar-refractivity contribution >= 4 is 23.2 Å². The van der Waals surface area contributed by atoms with Crippen molar-refractivity contribution in [1.29, 1.82) is 5.26 Å². The van der Waals surface area contributed by atoms with Gasteiger partial charge in [0.05, 0.1) is 12.5 Å². The summed E-state index contributed by atoms with van der Waals surface area (Å²) >= 11 is 0. The Balaban J connectivity index is 2.34. The van der Waals surface area contributed by atoms with Gasteiger partial charge in [0.25, 0.3) is 6.01 Å². The first-order valence-corrected chi connectivity index (χ1v) is 4.49. The number of fused-ring (bicyclic) bond motifs is 1. The number of rotatable bonds is 2. The van der Waals surface area contributed by atoms with Gasteiger partial charge in [-0.3, -0.25) is 0 Å². The van der Waals surface area contributed by atoms with Crippen molar-refractivity contribution in [1.82, 2.24) is 4.98 Å². The summed E-state index contributed by atoms with van der Waals surface area (Å²) in [6.45, 7) is 0. The van der Waals surface area contributed by atoms with Gasteiger partial charge in [-0.25, -0.2) is 0 Å². The highest BCUT2D eigenvalue weighted by molar-refractivity contribution is 5.77. The molecule has 1 aromatic carbocycles. The van der Waals surface area contributed by atoms with Gasteiger partial charge in [-0.2, -0.15) is 10.2 Å². The number of nitrogens with two attached hydrogens (primary N) is 1. The summed E-state index contributed by atoms with van der Waals surface area (Å²) < 4.78 is 5.14. The fourth-order valence-electron chi connectivity index (χ4n) is 1.31. The molecule has 2 aromatic rings.